The van der Waals surface area contributed by atoms with E-state index in [1.807, 2.05) is 24.5 Å². The molecule has 7 heteroatoms. The SMILES string of the molecule is COC(=O)c1cc(CN2CCNCC2c2cccnc2)c[nH]1.Cl. The number of hydrogen-bond donors (Lipinski definition) is 2. The third-order valence-electron chi connectivity index (χ3n) is 3.96. The lowest BCUT2D eigenvalue weighted by Crippen LogP contribution is -2.45. The van der Waals surface area contributed by atoms with Gasteiger partial charge in [0.25, 0.3) is 0 Å². The van der Waals surface area contributed by atoms with Gasteiger partial charge in [0.2, 0.25) is 0 Å². The summed E-state index contributed by atoms with van der Waals surface area (Å²) in [7, 11) is 1.39. The fourth-order valence-electron chi connectivity index (χ4n) is 2.83. The number of hydrogen-bond acceptors (Lipinski definition) is 5. The van der Waals surface area contributed by atoms with Crippen LogP contribution >= 0.6 is 12.4 Å². The molecule has 1 fully saturated rings. The number of nitrogens with zero attached hydrogens (tertiary/aromatic N) is 2. The number of carbonyl (C=O) groups is 1. The highest BCUT2D eigenvalue weighted by molar-refractivity contribution is 5.87. The van der Waals surface area contributed by atoms with Crippen LogP contribution in [0.1, 0.15) is 27.7 Å². The summed E-state index contributed by atoms with van der Waals surface area (Å²) in [5.74, 6) is -0.338. The molecule has 2 aromatic rings. The number of carbonyl (C=O) groups excluding carboxylic acids is 1. The average Bonchev–Trinajstić information content (AvgIpc) is 3.04. The van der Waals surface area contributed by atoms with Crippen LogP contribution in [0.2, 0.25) is 0 Å². The maximum atomic E-state index is 11.5. The highest BCUT2D eigenvalue weighted by atomic mass is 35.5. The van der Waals surface area contributed by atoms with Gasteiger partial charge in [0.15, 0.2) is 0 Å². The van der Waals surface area contributed by atoms with Gasteiger partial charge in [0, 0.05) is 50.8 Å². The molecule has 0 radical (unpaired) electrons. The van der Waals surface area contributed by atoms with Gasteiger partial charge in [-0.15, -0.1) is 12.4 Å². The Morgan fingerprint density at radius 1 is 1.52 bits per heavy atom. The van der Waals surface area contributed by atoms with Crippen LogP contribution in [0.4, 0.5) is 0 Å². The molecule has 6 nitrogen and oxygen atoms in total. The summed E-state index contributed by atoms with van der Waals surface area (Å²) in [4.78, 5) is 21.1. The monoisotopic (exact) mass is 336 g/mol. The van der Waals surface area contributed by atoms with Gasteiger partial charge in [-0.05, 0) is 23.3 Å². The summed E-state index contributed by atoms with van der Waals surface area (Å²) in [6, 6.07) is 6.22. The summed E-state index contributed by atoms with van der Waals surface area (Å²) in [6.45, 7) is 3.61. The van der Waals surface area contributed by atoms with Crippen molar-refractivity contribution in [2.45, 2.75) is 12.6 Å². The molecule has 124 valence electrons. The number of aromatic amines is 1. The van der Waals surface area contributed by atoms with Gasteiger partial charge in [-0.25, -0.2) is 4.79 Å². The molecule has 1 atom stereocenters. The maximum Gasteiger partial charge on any atom is 0.354 e. The van der Waals surface area contributed by atoms with Gasteiger partial charge in [0.1, 0.15) is 5.69 Å². The molecule has 1 aliphatic heterocycles. The van der Waals surface area contributed by atoms with E-state index in [1.54, 1.807) is 6.20 Å². The van der Waals surface area contributed by atoms with Crippen LogP contribution in [-0.2, 0) is 11.3 Å². The lowest BCUT2D eigenvalue weighted by Gasteiger charge is -2.36. The Morgan fingerprint density at radius 3 is 3.13 bits per heavy atom. The van der Waals surface area contributed by atoms with Gasteiger partial charge in [-0.1, -0.05) is 6.07 Å². The number of halogens is 1. The minimum absolute atomic E-state index is 0. The van der Waals surface area contributed by atoms with Gasteiger partial charge < -0.3 is 15.0 Å². The number of aromatic nitrogens is 2. The molecular formula is C16H21ClN4O2. The van der Waals surface area contributed by atoms with Crippen molar-refractivity contribution in [1.82, 2.24) is 20.2 Å². The predicted octanol–water partition coefficient (Wildman–Crippen LogP) is 1.76. The smallest absolute Gasteiger partial charge is 0.354 e. The number of esters is 1. The lowest BCUT2D eigenvalue weighted by atomic mass is 10.0. The summed E-state index contributed by atoms with van der Waals surface area (Å²) in [5, 5.41) is 3.43. The Balaban J connectivity index is 0.00000192. The second kappa shape index (κ2) is 8.10. The molecule has 2 aromatic heterocycles. The van der Waals surface area contributed by atoms with E-state index < -0.39 is 0 Å². The summed E-state index contributed by atoms with van der Waals surface area (Å²) >= 11 is 0. The molecule has 0 bridgehead atoms. The number of nitrogens with one attached hydrogen (secondary N) is 2. The molecule has 0 amide bonds. The molecule has 3 rings (SSSR count). The van der Waals surface area contributed by atoms with Crippen molar-refractivity contribution < 1.29 is 9.53 Å². The first-order valence-electron chi connectivity index (χ1n) is 7.38. The van der Waals surface area contributed by atoms with E-state index in [2.05, 4.69) is 26.3 Å². The molecule has 1 aliphatic rings. The van der Waals surface area contributed by atoms with Crippen molar-refractivity contribution in [1.29, 1.82) is 0 Å². The highest BCUT2D eigenvalue weighted by Crippen LogP contribution is 2.23. The van der Waals surface area contributed by atoms with Crippen LogP contribution in [0.5, 0.6) is 0 Å². The van der Waals surface area contributed by atoms with E-state index in [0.717, 1.165) is 31.7 Å². The number of H-pyrrole nitrogens is 1. The molecule has 23 heavy (non-hydrogen) atoms. The van der Waals surface area contributed by atoms with E-state index >= 15 is 0 Å². The van der Waals surface area contributed by atoms with E-state index in [-0.39, 0.29) is 18.4 Å². The summed E-state index contributed by atoms with van der Waals surface area (Å²) in [5.41, 5.74) is 2.78. The van der Waals surface area contributed by atoms with Crippen LogP contribution in [0.3, 0.4) is 0 Å². The molecule has 0 aromatic carbocycles. The first kappa shape index (κ1) is 17.5. The second-order valence-corrected chi connectivity index (χ2v) is 5.39. The minimum atomic E-state index is -0.338. The van der Waals surface area contributed by atoms with Crippen molar-refractivity contribution in [2.24, 2.45) is 0 Å². The second-order valence-electron chi connectivity index (χ2n) is 5.39. The predicted molar refractivity (Wildman–Crippen MR) is 89.6 cm³/mol. The first-order chi connectivity index (χ1) is 10.8. The van der Waals surface area contributed by atoms with Crippen LogP contribution < -0.4 is 5.32 Å². The summed E-state index contributed by atoms with van der Waals surface area (Å²) < 4.78 is 4.73. The molecule has 2 N–H and O–H groups in total. The summed E-state index contributed by atoms with van der Waals surface area (Å²) in [6.07, 6.45) is 5.58. The lowest BCUT2D eigenvalue weighted by molar-refractivity contribution is 0.0594. The van der Waals surface area contributed by atoms with E-state index in [1.165, 1.54) is 12.7 Å². The molecule has 3 heterocycles. The third-order valence-corrected chi connectivity index (χ3v) is 3.96. The Labute approximate surface area is 141 Å². The normalized spacial score (nSPS) is 18.2. The Hall–Kier alpha value is -1.89. The van der Waals surface area contributed by atoms with Crippen molar-refractivity contribution in [3.8, 4) is 0 Å². The quantitative estimate of drug-likeness (QED) is 0.833. The maximum absolute atomic E-state index is 11.5. The van der Waals surface area contributed by atoms with Crippen molar-refractivity contribution >= 4 is 18.4 Å². The van der Waals surface area contributed by atoms with Crippen LogP contribution in [-0.4, -0.2) is 47.6 Å². The van der Waals surface area contributed by atoms with Gasteiger partial charge in [-0.2, -0.15) is 0 Å². The van der Waals surface area contributed by atoms with Gasteiger partial charge in [0.05, 0.1) is 7.11 Å². The zero-order valence-electron chi connectivity index (χ0n) is 13.0. The third kappa shape index (κ3) is 4.10. The number of ether oxygens (including phenoxy) is 1. The topological polar surface area (TPSA) is 70.2 Å². The fourth-order valence-corrected chi connectivity index (χ4v) is 2.83. The van der Waals surface area contributed by atoms with Crippen LogP contribution in [0.15, 0.2) is 36.8 Å². The largest absolute Gasteiger partial charge is 0.464 e. The van der Waals surface area contributed by atoms with E-state index in [9.17, 15) is 4.79 Å². The highest BCUT2D eigenvalue weighted by Gasteiger charge is 2.24. The van der Waals surface area contributed by atoms with Crippen molar-refractivity contribution in [3.63, 3.8) is 0 Å². The zero-order valence-corrected chi connectivity index (χ0v) is 13.8. The average molecular weight is 337 g/mol. The Kier molecular flexibility index (Phi) is 6.15. The molecular weight excluding hydrogens is 316 g/mol. The molecule has 0 spiro atoms. The number of methoxy groups -OCH3 is 1. The number of rotatable bonds is 4. The number of piperazine rings is 1. The standard InChI is InChI=1S/C16H20N4O2.ClH/c1-22-16(21)14-7-12(8-19-14)11-20-6-5-18-10-15(20)13-3-2-4-17-9-13;/h2-4,7-9,15,18-19H,5-6,10-11H2,1H3;1H. The minimum Gasteiger partial charge on any atom is -0.464 e. The van der Waals surface area contributed by atoms with E-state index in [0.29, 0.717) is 11.7 Å². The first-order valence-corrected chi connectivity index (χ1v) is 7.38. The molecule has 1 unspecified atom stereocenters. The van der Waals surface area contributed by atoms with E-state index in [4.69, 9.17) is 4.74 Å². The fraction of sp³-hybridized carbons (Fsp3) is 0.375. The molecule has 1 saturated heterocycles. The van der Waals surface area contributed by atoms with Crippen molar-refractivity contribution in [3.05, 3.63) is 53.6 Å². The number of pyridine rings is 1. The van der Waals surface area contributed by atoms with Gasteiger partial charge in [-0.3, -0.25) is 9.88 Å². The van der Waals surface area contributed by atoms with Crippen molar-refractivity contribution in [2.75, 3.05) is 26.7 Å². The zero-order chi connectivity index (χ0) is 15.4. The molecule has 0 aliphatic carbocycles. The molecule has 0 saturated carbocycles. The van der Waals surface area contributed by atoms with Crippen LogP contribution in [0, 0.1) is 0 Å². The Bertz CT molecular complexity index is 632. The van der Waals surface area contributed by atoms with Gasteiger partial charge >= 0.3 is 5.97 Å². The van der Waals surface area contributed by atoms with Crippen LogP contribution in [0.25, 0.3) is 0 Å². The Morgan fingerprint density at radius 2 is 2.39 bits per heavy atom.